The summed E-state index contributed by atoms with van der Waals surface area (Å²) in [6.07, 6.45) is 0. The maximum atomic E-state index is 10.3. The van der Waals surface area contributed by atoms with Crippen molar-refractivity contribution in [3.8, 4) is 0 Å². The van der Waals surface area contributed by atoms with Crippen molar-refractivity contribution in [2.24, 2.45) is 0 Å². The van der Waals surface area contributed by atoms with Gasteiger partial charge in [0, 0.05) is 31.9 Å². The molecule has 0 aliphatic rings. The van der Waals surface area contributed by atoms with Gasteiger partial charge < -0.3 is 15.7 Å². The second-order valence-corrected chi connectivity index (χ2v) is 3.79. The minimum absolute atomic E-state index is 0.00838. The Morgan fingerprint density at radius 3 is 1.82 bits per heavy atom. The van der Waals surface area contributed by atoms with E-state index in [2.05, 4.69) is 35.9 Å². The van der Waals surface area contributed by atoms with Gasteiger partial charge >= 0.3 is 5.97 Å². The molecule has 0 aliphatic heterocycles. The molecule has 0 bridgehead atoms. The van der Waals surface area contributed by atoms with Crippen molar-refractivity contribution in [2.75, 3.05) is 18.1 Å². The molecule has 0 rings (SSSR count). The fourth-order valence-corrected chi connectivity index (χ4v) is 1.02. The number of rotatable bonds is 5. The standard InChI is InChI=1S/C5H9NO3S.C4H9NOS/c1-3(7)6-4(2-10)5(8)9;1-4(6)5-2-3-7/h4,10H,2H2,1H3,(H,6,7)(H,8,9);7H,2-3H2,1H3,(H,5,6)/t4-;/m0./s1. The molecule has 100 valence electrons. The van der Waals surface area contributed by atoms with Crippen LogP contribution in [-0.2, 0) is 14.4 Å². The summed E-state index contributed by atoms with van der Waals surface area (Å²) in [7, 11) is 0. The summed E-state index contributed by atoms with van der Waals surface area (Å²) in [6.45, 7) is 3.42. The van der Waals surface area contributed by atoms with Crippen LogP contribution in [-0.4, -0.2) is 47.0 Å². The molecule has 0 aliphatic carbocycles. The van der Waals surface area contributed by atoms with Gasteiger partial charge in [-0.3, -0.25) is 9.59 Å². The Balaban J connectivity index is 0. The molecule has 0 heterocycles. The molecule has 1 atom stereocenters. The molecule has 0 fully saturated rings. The molecule has 0 aromatic rings. The van der Waals surface area contributed by atoms with E-state index < -0.39 is 12.0 Å². The lowest BCUT2D eigenvalue weighted by atomic mass is 10.3. The highest BCUT2D eigenvalue weighted by Crippen LogP contribution is 1.86. The van der Waals surface area contributed by atoms with Crippen LogP contribution in [0.25, 0.3) is 0 Å². The van der Waals surface area contributed by atoms with Crippen LogP contribution < -0.4 is 10.6 Å². The third-order valence-corrected chi connectivity index (χ3v) is 1.93. The van der Waals surface area contributed by atoms with Crippen LogP contribution in [0.1, 0.15) is 13.8 Å². The van der Waals surface area contributed by atoms with Gasteiger partial charge in [-0.1, -0.05) is 0 Å². The minimum atomic E-state index is -1.06. The van der Waals surface area contributed by atoms with Gasteiger partial charge in [-0.2, -0.15) is 25.3 Å². The Kier molecular flexibility index (Phi) is 12.6. The number of amides is 2. The zero-order valence-electron chi connectivity index (χ0n) is 9.77. The van der Waals surface area contributed by atoms with Gasteiger partial charge in [0.1, 0.15) is 6.04 Å². The Hall–Kier alpha value is -0.890. The summed E-state index contributed by atoms with van der Waals surface area (Å²) < 4.78 is 0. The monoisotopic (exact) mass is 282 g/mol. The number of hydrogen-bond donors (Lipinski definition) is 5. The fourth-order valence-electron chi connectivity index (χ4n) is 0.663. The Labute approximate surface area is 111 Å². The number of carbonyl (C=O) groups excluding carboxylic acids is 2. The molecule has 2 amide bonds. The van der Waals surface area contributed by atoms with Crippen LogP contribution in [0.3, 0.4) is 0 Å². The summed E-state index contributed by atoms with van der Waals surface area (Å²) in [6, 6.07) is -0.874. The molecular formula is C9H18N2O4S2. The molecule has 0 saturated heterocycles. The molecule has 0 radical (unpaired) electrons. The van der Waals surface area contributed by atoms with Gasteiger partial charge in [0.05, 0.1) is 0 Å². The molecule has 3 N–H and O–H groups in total. The quantitative estimate of drug-likeness (QED) is 0.442. The Morgan fingerprint density at radius 1 is 1.18 bits per heavy atom. The van der Waals surface area contributed by atoms with E-state index in [0.29, 0.717) is 12.3 Å². The molecule has 0 saturated carbocycles. The number of thiol groups is 2. The zero-order valence-corrected chi connectivity index (χ0v) is 11.6. The molecule has 0 aromatic carbocycles. The minimum Gasteiger partial charge on any atom is -0.480 e. The predicted molar refractivity (Wildman–Crippen MR) is 71.6 cm³/mol. The van der Waals surface area contributed by atoms with Crippen LogP contribution in [0.2, 0.25) is 0 Å². The van der Waals surface area contributed by atoms with Crippen LogP contribution in [0.5, 0.6) is 0 Å². The van der Waals surface area contributed by atoms with Crippen molar-refractivity contribution in [3.05, 3.63) is 0 Å². The zero-order chi connectivity index (χ0) is 13.8. The highest BCUT2D eigenvalue weighted by molar-refractivity contribution is 7.80. The van der Waals surface area contributed by atoms with Crippen molar-refractivity contribution >= 4 is 43.0 Å². The van der Waals surface area contributed by atoms with E-state index in [0.717, 1.165) is 0 Å². The summed E-state index contributed by atoms with van der Waals surface area (Å²) in [5, 5.41) is 13.2. The average molecular weight is 282 g/mol. The summed E-state index contributed by atoms with van der Waals surface area (Å²) in [5.74, 6) is -0.602. The second-order valence-electron chi connectivity index (χ2n) is 2.98. The Bertz CT molecular complexity index is 261. The lowest BCUT2D eigenvalue weighted by Crippen LogP contribution is -2.40. The van der Waals surface area contributed by atoms with Gasteiger partial charge in [-0.15, -0.1) is 0 Å². The number of carbonyl (C=O) groups is 3. The molecule has 17 heavy (non-hydrogen) atoms. The largest absolute Gasteiger partial charge is 0.480 e. The first-order chi connectivity index (χ1) is 7.84. The van der Waals surface area contributed by atoms with Gasteiger partial charge in [0.2, 0.25) is 11.8 Å². The molecule has 6 nitrogen and oxygen atoms in total. The van der Waals surface area contributed by atoms with E-state index in [1.165, 1.54) is 13.8 Å². The van der Waals surface area contributed by atoms with Gasteiger partial charge in [-0.25, -0.2) is 4.79 Å². The lowest BCUT2D eigenvalue weighted by Gasteiger charge is -2.08. The van der Waals surface area contributed by atoms with E-state index in [-0.39, 0.29) is 17.6 Å². The van der Waals surface area contributed by atoms with Gasteiger partial charge in [-0.05, 0) is 0 Å². The van der Waals surface area contributed by atoms with Gasteiger partial charge in [0.25, 0.3) is 0 Å². The third kappa shape index (κ3) is 15.1. The predicted octanol–water partition coefficient (Wildman–Crippen LogP) is -0.442. The lowest BCUT2D eigenvalue weighted by molar-refractivity contribution is -0.140. The van der Waals surface area contributed by atoms with E-state index >= 15 is 0 Å². The molecule has 8 heteroatoms. The van der Waals surface area contributed by atoms with Crippen LogP contribution in [0.15, 0.2) is 0 Å². The summed E-state index contributed by atoms with van der Waals surface area (Å²) in [4.78, 5) is 30.6. The first-order valence-electron chi connectivity index (χ1n) is 4.81. The van der Waals surface area contributed by atoms with Crippen LogP contribution in [0, 0.1) is 0 Å². The highest BCUT2D eigenvalue weighted by atomic mass is 32.1. The summed E-state index contributed by atoms with van der Waals surface area (Å²) in [5.41, 5.74) is 0. The number of aliphatic carboxylic acids is 1. The molecule has 0 spiro atoms. The van der Waals surface area contributed by atoms with E-state index in [4.69, 9.17) is 5.11 Å². The van der Waals surface area contributed by atoms with Crippen molar-refractivity contribution < 1.29 is 19.5 Å². The second kappa shape index (κ2) is 11.6. The highest BCUT2D eigenvalue weighted by Gasteiger charge is 2.15. The molecule has 0 aromatic heterocycles. The van der Waals surface area contributed by atoms with Gasteiger partial charge in [0.15, 0.2) is 0 Å². The van der Waals surface area contributed by atoms with Crippen molar-refractivity contribution in [1.29, 1.82) is 0 Å². The number of carboxylic acids is 1. The third-order valence-electron chi connectivity index (χ3n) is 1.34. The molecule has 0 unspecified atom stereocenters. The topological polar surface area (TPSA) is 95.5 Å². The Morgan fingerprint density at radius 2 is 1.71 bits per heavy atom. The molecular weight excluding hydrogens is 264 g/mol. The van der Waals surface area contributed by atoms with Crippen LogP contribution >= 0.6 is 25.3 Å². The number of carboxylic acid groups (broad SMARTS) is 1. The van der Waals surface area contributed by atoms with E-state index in [1.807, 2.05) is 0 Å². The van der Waals surface area contributed by atoms with E-state index in [9.17, 15) is 14.4 Å². The maximum Gasteiger partial charge on any atom is 0.327 e. The number of nitrogens with one attached hydrogen (secondary N) is 2. The van der Waals surface area contributed by atoms with E-state index in [1.54, 1.807) is 0 Å². The van der Waals surface area contributed by atoms with Crippen molar-refractivity contribution in [1.82, 2.24) is 10.6 Å². The average Bonchev–Trinajstić information content (AvgIpc) is 2.23. The fraction of sp³-hybridized carbons (Fsp3) is 0.667. The smallest absolute Gasteiger partial charge is 0.327 e. The number of hydrogen-bond acceptors (Lipinski definition) is 5. The SMILES string of the molecule is CC(=O)NCCS.CC(=O)N[C@@H](CS)C(=O)O. The van der Waals surface area contributed by atoms with Crippen molar-refractivity contribution in [2.45, 2.75) is 19.9 Å². The first kappa shape index (κ1) is 18.5. The first-order valence-corrected chi connectivity index (χ1v) is 6.07. The summed E-state index contributed by atoms with van der Waals surface area (Å²) >= 11 is 7.61. The maximum absolute atomic E-state index is 10.3. The normalized spacial score (nSPS) is 10.6. The van der Waals surface area contributed by atoms with Crippen LogP contribution in [0.4, 0.5) is 0 Å². The van der Waals surface area contributed by atoms with Crippen molar-refractivity contribution in [3.63, 3.8) is 0 Å².